The zero-order chi connectivity index (χ0) is 15.1. The third kappa shape index (κ3) is 4.80. The molecule has 20 heavy (non-hydrogen) atoms. The molecule has 0 aliphatic heterocycles. The first-order valence-electron chi connectivity index (χ1n) is 6.93. The zero-order valence-electron chi connectivity index (χ0n) is 13.3. The number of nitrogens with zero attached hydrogens (tertiary/aromatic N) is 4. The summed E-state index contributed by atoms with van der Waals surface area (Å²) in [5.74, 6) is 2.14. The average molecular weight is 282 g/mol. The summed E-state index contributed by atoms with van der Waals surface area (Å²) in [6, 6.07) is 0.164. The SMILES string of the molecule is CCOCC(Nc1nc(NC)nc(N(C)C)n1)C(C)C. The van der Waals surface area contributed by atoms with Crippen molar-refractivity contribution in [1.29, 1.82) is 0 Å². The second kappa shape index (κ2) is 7.84. The van der Waals surface area contributed by atoms with Gasteiger partial charge in [0, 0.05) is 27.7 Å². The standard InChI is InChI=1S/C13H26N6O/c1-7-20-8-10(9(2)3)15-12-16-11(14-4)17-13(18-12)19(5)6/h9-10H,7-8H2,1-6H3,(H2,14,15,16,17,18). The maximum atomic E-state index is 5.50. The molecule has 1 rings (SSSR count). The first kappa shape index (κ1) is 16.4. The van der Waals surface area contributed by atoms with Crippen molar-refractivity contribution in [3.05, 3.63) is 0 Å². The first-order chi connectivity index (χ1) is 9.47. The van der Waals surface area contributed by atoms with Crippen LogP contribution in [0.1, 0.15) is 20.8 Å². The van der Waals surface area contributed by atoms with E-state index in [0.29, 0.717) is 37.0 Å². The first-order valence-corrected chi connectivity index (χ1v) is 6.93. The smallest absolute Gasteiger partial charge is 0.231 e. The molecule has 0 saturated carbocycles. The van der Waals surface area contributed by atoms with Crippen LogP contribution < -0.4 is 15.5 Å². The van der Waals surface area contributed by atoms with E-state index in [0.717, 1.165) is 0 Å². The Morgan fingerprint density at radius 1 is 1.15 bits per heavy atom. The van der Waals surface area contributed by atoms with Crippen molar-refractivity contribution in [3.8, 4) is 0 Å². The van der Waals surface area contributed by atoms with E-state index in [1.54, 1.807) is 7.05 Å². The Morgan fingerprint density at radius 3 is 2.30 bits per heavy atom. The predicted octanol–water partition coefficient (Wildman–Crippen LogP) is 1.45. The van der Waals surface area contributed by atoms with Gasteiger partial charge in [-0.2, -0.15) is 15.0 Å². The highest BCUT2D eigenvalue weighted by atomic mass is 16.5. The normalized spacial score (nSPS) is 12.3. The molecule has 0 spiro atoms. The molecular formula is C13H26N6O. The van der Waals surface area contributed by atoms with E-state index in [1.165, 1.54) is 0 Å². The van der Waals surface area contributed by atoms with Gasteiger partial charge in [-0.15, -0.1) is 0 Å². The summed E-state index contributed by atoms with van der Waals surface area (Å²) < 4.78 is 5.50. The van der Waals surface area contributed by atoms with E-state index in [2.05, 4.69) is 39.4 Å². The van der Waals surface area contributed by atoms with Crippen LogP contribution in [0, 0.1) is 5.92 Å². The van der Waals surface area contributed by atoms with Gasteiger partial charge in [0.15, 0.2) is 0 Å². The Bertz CT molecular complexity index is 410. The van der Waals surface area contributed by atoms with E-state index in [4.69, 9.17) is 4.74 Å². The van der Waals surface area contributed by atoms with Gasteiger partial charge >= 0.3 is 0 Å². The molecule has 7 heteroatoms. The van der Waals surface area contributed by atoms with Crippen molar-refractivity contribution >= 4 is 17.8 Å². The molecule has 0 aliphatic rings. The number of hydrogen-bond acceptors (Lipinski definition) is 7. The Labute approximate surface area is 121 Å². The van der Waals surface area contributed by atoms with Crippen LogP contribution in [0.2, 0.25) is 0 Å². The maximum absolute atomic E-state index is 5.50. The molecule has 0 fully saturated rings. The molecule has 1 unspecified atom stereocenters. The third-order valence-corrected chi connectivity index (χ3v) is 2.87. The summed E-state index contributed by atoms with van der Waals surface area (Å²) >= 11 is 0. The van der Waals surface area contributed by atoms with Gasteiger partial charge in [0.25, 0.3) is 0 Å². The van der Waals surface area contributed by atoms with Gasteiger partial charge in [-0.25, -0.2) is 0 Å². The van der Waals surface area contributed by atoms with E-state index in [-0.39, 0.29) is 6.04 Å². The lowest BCUT2D eigenvalue weighted by Crippen LogP contribution is -2.32. The molecule has 1 atom stereocenters. The Kier molecular flexibility index (Phi) is 6.44. The number of ether oxygens (including phenoxy) is 1. The highest BCUT2D eigenvalue weighted by Gasteiger charge is 2.16. The van der Waals surface area contributed by atoms with Crippen molar-refractivity contribution in [3.63, 3.8) is 0 Å². The topological polar surface area (TPSA) is 75.2 Å². The van der Waals surface area contributed by atoms with Crippen LogP contribution >= 0.6 is 0 Å². The summed E-state index contributed by atoms with van der Waals surface area (Å²) in [6.07, 6.45) is 0. The van der Waals surface area contributed by atoms with Gasteiger partial charge in [0.1, 0.15) is 0 Å². The summed E-state index contributed by atoms with van der Waals surface area (Å²) in [7, 11) is 5.59. The van der Waals surface area contributed by atoms with Gasteiger partial charge in [-0.3, -0.25) is 0 Å². The third-order valence-electron chi connectivity index (χ3n) is 2.87. The van der Waals surface area contributed by atoms with Gasteiger partial charge in [0.05, 0.1) is 12.6 Å². The van der Waals surface area contributed by atoms with Gasteiger partial charge in [-0.05, 0) is 12.8 Å². The number of anilines is 3. The van der Waals surface area contributed by atoms with Crippen LogP contribution in [0.4, 0.5) is 17.8 Å². The monoisotopic (exact) mass is 282 g/mol. The predicted molar refractivity (Wildman–Crippen MR) is 82.4 cm³/mol. The summed E-state index contributed by atoms with van der Waals surface area (Å²) in [6.45, 7) is 7.61. The van der Waals surface area contributed by atoms with Crippen LogP contribution in [0.3, 0.4) is 0 Å². The molecule has 0 aliphatic carbocycles. The molecule has 2 N–H and O–H groups in total. The van der Waals surface area contributed by atoms with Crippen LogP contribution in [0.5, 0.6) is 0 Å². The molecule has 0 radical (unpaired) electrons. The highest BCUT2D eigenvalue weighted by Crippen LogP contribution is 2.14. The van der Waals surface area contributed by atoms with Crippen molar-refractivity contribution in [2.45, 2.75) is 26.8 Å². The fourth-order valence-corrected chi connectivity index (χ4v) is 1.55. The van der Waals surface area contributed by atoms with Crippen molar-refractivity contribution in [2.75, 3.05) is 49.9 Å². The molecule has 1 aromatic heterocycles. The van der Waals surface area contributed by atoms with Gasteiger partial charge in [0.2, 0.25) is 17.8 Å². The molecule has 0 amide bonds. The minimum absolute atomic E-state index is 0.164. The largest absolute Gasteiger partial charge is 0.380 e. The minimum atomic E-state index is 0.164. The van der Waals surface area contributed by atoms with Gasteiger partial charge < -0.3 is 20.3 Å². The molecule has 1 aromatic rings. The van der Waals surface area contributed by atoms with Gasteiger partial charge in [-0.1, -0.05) is 13.8 Å². The summed E-state index contributed by atoms with van der Waals surface area (Å²) in [5.41, 5.74) is 0. The lowest BCUT2D eigenvalue weighted by molar-refractivity contribution is 0.126. The highest BCUT2D eigenvalue weighted by molar-refractivity contribution is 5.43. The summed E-state index contributed by atoms with van der Waals surface area (Å²) in [5, 5.41) is 6.28. The Balaban J connectivity index is 2.90. The fraction of sp³-hybridized carbons (Fsp3) is 0.769. The van der Waals surface area contributed by atoms with E-state index in [1.807, 2.05) is 25.9 Å². The molecule has 0 bridgehead atoms. The van der Waals surface area contributed by atoms with E-state index < -0.39 is 0 Å². The second-order valence-corrected chi connectivity index (χ2v) is 5.08. The number of aromatic nitrogens is 3. The average Bonchev–Trinajstić information content (AvgIpc) is 2.42. The van der Waals surface area contributed by atoms with Crippen molar-refractivity contribution in [2.24, 2.45) is 5.92 Å². The quantitative estimate of drug-likeness (QED) is 0.747. The lowest BCUT2D eigenvalue weighted by Gasteiger charge is -2.22. The molecule has 0 saturated heterocycles. The number of rotatable bonds is 8. The minimum Gasteiger partial charge on any atom is -0.380 e. The number of nitrogens with one attached hydrogen (secondary N) is 2. The molecule has 7 nitrogen and oxygen atoms in total. The van der Waals surface area contributed by atoms with Crippen molar-refractivity contribution in [1.82, 2.24) is 15.0 Å². The van der Waals surface area contributed by atoms with Crippen LogP contribution in [0.25, 0.3) is 0 Å². The van der Waals surface area contributed by atoms with Crippen LogP contribution in [-0.2, 0) is 4.74 Å². The lowest BCUT2D eigenvalue weighted by atomic mass is 10.1. The fourth-order valence-electron chi connectivity index (χ4n) is 1.55. The molecule has 0 aromatic carbocycles. The Morgan fingerprint density at radius 2 is 1.80 bits per heavy atom. The van der Waals surface area contributed by atoms with Crippen molar-refractivity contribution < 1.29 is 4.74 Å². The molecule has 114 valence electrons. The van der Waals surface area contributed by atoms with Crippen LogP contribution in [0.15, 0.2) is 0 Å². The number of hydrogen-bond donors (Lipinski definition) is 2. The molecule has 1 heterocycles. The summed E-state index contributed by atoms with van der Waals surface area (Å²) in [4.78, 5) is 14.9. The van der Waals surface area contributed by atoms with E-state index >= 15 is 0 Å². The Hall–Kier alpha value is -1.63. The maximum Gasteiger partial charge on any atom is 0.231 e. The molecular weight excluding hydrogens is 256 g/mol. The van der Waals surface area contributed by atoms with E-state index in [9.17, 15) is 0 Å². The van der Waals surface area contributed by atoms with Crippen LogP contribution in [-0.4, -0.2) is 55.4 Å². The zero-order valence-corrected chi connectivity index (χ0v) is 13.3. The second-order valence-electron chi connectivity index (χ2n) is 5.08.